The van der Waals surface area contributed by atoms with Gasteiger partial charge in [0.15, 0.2) is 0 Å². The van der Waals surface area contributed by atoms with Gasteiger partial charge >= 0.3 is 6.09 Å². The number of halogens is 1. The zero-order valence-electron chi connectivity index (χ0n) is 23.0. The van der Waals surface area contributed by atoms with Gasteiger partial charge in [-0.1, -0.05) is 23.7 Å². The van der Waals surface area contributed by atoms with Crippen LogP contribution < -0.4 is 10.9 Å². The van der Waals surface area contributed by atoms with Crippen molar-refractivity contribution >= 4 is 51.5 Å². The van der Waals surface area contributed by atoms with Crippen LogP contribution in [0.4, 0.5) is 10.5 Å². The lowest BCUT2D eigenvalue weighted by Crippen LogP contribution is -2.45. The van der Waals surface area contributed by atoms with Crippen LogP contribution in [0, 0.1) is 6.92 Å². The minimum absolute atomic E-state index is 0.00220. The highest BCUT2D eigenvalue weighted by Crippen LogP contribution is 2.36. The first-order valence-electron chi connectivity index (χ1n) is 14.1. The second kappa shape index (κ2) is 10.7. The molecule has 12 heteroatoms. The average Bonchev–Trinajstić information content (AvgIpc) is 3.58. The van der Waals surface area contributed by atoms with E-state index < -0.39 is 0 Å². The number of carbonyl (C=O) groups excluding carboxylic acids is 2. The molecule has 0 aliphatic carbocycles. The van der Waals surface area contributed by atoms with Crippen molar-refractivity contribution in [1.29, 1.82) is 0 Å². The molecule has 7 rings (SSSR count). The van der Waals surface area contributed by atoms with Crippen molar-refractivity contribution in [3.05, 3.63) is 74.2 Å². The van der Waals surface area contributed by atoms with Crippen molar-refractivity contribution in [1.82, 2.24) is 24.3 Å². The molecule has 3 fully saturated rings. The summed E-state index contributed by atoms with van der Waals surface area (Å²) in [6.07, 6.45) is 3.87. The van der Waals surface area contributed by atoms with E-state index in [0.717, 1.165) is 49.2 Å². The van der Waals surface area contributed by atoms with Crippen molar-refractivity contribution in [3.63, 3.8) is 0 Å². The minimum Gasteiger partial charge on any atom is -0.447 e. The maximum Gasteiger partial charge on any atom is 0.410 e. The first-order valence-corrected chi connectivity index (χ1v) is 15.3. The lowest BCUT2D eigenvalue weighted by molar-refractivity contribution is 0.0656. The number of nitrogens with one attached hydrogen (secondary N) is 1. The number of aromatic nitrogens is 3. The average molecular weight is 605 g/mol. The van der Waals surface area contributed by atoms with Gasteiger partial charge in [0.1, 0.15) is 22.3 Å². The Balaban J connectivity index is 1.28. The van der Waals surface area contributed by atoms with Crippen LogP contribution in [0.25, 0.3) is 21.5 Å². The van der Waals surface area contributed by atoms with E-state index in [4.69, 9.17) is 21.3 Å². The smallest absolute Gasteiger partial charge is 0.410 e. The van der Waals surface area contributed by atoms with Crippen LogP contribution in [0.2, 0.25) is 5.02 Å². The summed E-state index contributed by atoms with van der Waals surface area (Å²) >= 11 is 7.41. The molecule has 0 radical (unpaired) electrons. The summed E-state index contributed by atoms with van der Waals surface area (Å²) in [5.74, 6) is 0.595. The number of nitrogens with zero attached hydrogens (tertiary/aromatic N) is 5. The molecule has 1 N–H and O–H groups in total. The number of cyclic esters (lactones) is 1. The molecule has 2 atom stereocenters. The third kappa shape index (κ3) is 4.90. The molecule has 3 aliphatic rings. The largest absolute Gasteiger partial charge is 0.447 e. The van der Waals surface area contributed by atoms with E-state index in [1.54, 1.807) is 15.7 Å². The third-order valence-corrected chi connectivity index (χ3v) is 9.61. The Kier molecular flexibility index (Phi) is 6.86. The summed E-state index contributed by atoms with van der Waals surface area (Å²) in [7, 11) is 0. The molecular weight excluding hydrogens is 576 g/mol. The van der Waals surface area contributed by atoms with E-state index in [1.165, 1.54) is 11.3 Å². The molecule has 3 saturated heterocycles. The number of carbonyl (C=O) groups is 2. The number of hydrogen-bond acceptors (Lipinski definition) is 8. The van der Waals surface area contributed by atoms with E-state index in [-0.39, 0.29) is 29.6 Å². The van der Waals surface area contributed by atoms with Gasteiger partial charge in [-0.15, -0.1) is 11.3 Å². The van der Waals surface area contributed by atoms with Crippen LogP contribution in [0.15, 0.2) is 47.4 Å². The van der Waals surface area contributed by atoms with Gasteiger partial charge < -0.3 is 19.9 Å². The van der Waals surface area contributed by atoms with Gasteiger partial charge in [-0.25, -0.2) is 14.8 Å². The van der Waals surface area contributed by atoms with E-state index in [9.17, 15) is 14.4 Å². The Labute approximate surface area is 250 Å². The van der Waals surface area contributed by atoms with E-state index >= 15 is 0 Å². The highest BCUT2D eigenvalue weighted by atomic mass is 35.5. The predicted octanol–water partition coefficient (Wildman–Crippen LogP) is 4.77. The highest BCUT2D eigenvalue weighted by Gasteiger charge is 2.38. The fourth-order valence-corrected chi connectivity index (χ4v) is 6.90. The summed E-state index contributed by atoms with van der Waals surface area (Å²) in [5.41, 5.74) is 2.92. The summed E-state index contributed by atoms with van der Waals surface area (Å²) < 4.78 is 6.93. The number of fused-ring (bicyclic) bond motifs is 2. The van der Waals surface area contributed by atoms with Crippen molar-refractivity contribution in [2.24, 2.45) is 0 Å². The van der Waals surface area contributed by atoms with Crippen molar-refractivity contribution in [2.75, 3.05) is 31.6 Å². The molecule has 216 valence electrons. The van der Waals surface area contributed by atoms with Crippen LogP contribution in [-0.4, -0.2) is 74.7 Å². The van der Waals surface area contributed by atoms with Crippen LogP contribution in [0.3, 0.4) is 0 Å². The van der Waals surface area contributed by atoms with Gasteiger partial charge in [0.2, 0.25) is 0 Å². The fourth-order valence-electron chi connectivity index (χ4n) is 5.86. The van der Waals surface area contributed by atoms with Gasteiger partial charge in [-0.3, -0.25) is 14.2 Å². The normalized spacial score (nSPS) is 19.9. The van der Waals surface area contributed by atoms with Crippen molar-refractivity contribution in [3.8, 4) is 10.6 Å². The number of hydrogen-bond donors (Lipinski definition) is 1. The van der Waals surface area contributed by atoms with Crippen molar-refractivity contribution < 1.29 is 14.3 Å². The Hall–Kier alpha value is -3.96. The number of amides is 2. The van der Waals surface area contributed by atoms with E-state index in [2.05, 4.69) is 10.3 Å². The molecule has 10 nitrogen and oxygen atoms in total. The van der Waals surface area contributed by atoms with E-state index in [1.807, 2.05) is 48.2 Å². The predicted molar refractivity (Wildman–Crippen MR) is 161 cm³/mol. The Morgan fingerprint density at radius 3 is 2.74 bits per heavy atom. The number of rotatable bonds is 6. The molecular formula is C30H29ClN6O4S. The van der Waals surface area contributed by atoms with Gasteiger partial charge in [0, 0.05) is 41.9 Å². The molecule has 2 aromatic carbocycles. The van der Waals surface area contributed by atoms with Crippen molar-refractivity contribution in [2.45, 2.75) is 44.8 Å². The molecule has 5 heterocycles. The number of ether oxygens (including phenoxy) is 1. The molecule has 0 saturated carbocycles. The SMILES string of the molecule is Cc1nc2cc(-c3ncc(C(=O)N4CCC4)s3)c(N[C@H]3CCN4C(=O)OC[C@@H]4C3)cc2c(=O)n1Cc1ccc(Cl)cc1. The number of thiazole rings is 1. The van der Waals surface area contributed by atoms with Gasteiger partial charge in [0.05, 0.1) is 29.7 Å². The Bertz CT molecular complexity index is 1770. The summed E-state index contributed by atoms with van der Waals surface area (Å²) in [4.78, 5) is 52.4. The molecule has 42 heavy (non-hydrogen) atoms. The van der Waals surface area contributed by atoms with Crippen LogP contribution in [0.1, 0.15) is 40.3 Å². The lowest BCUT2D eigenvalue weighted by atomic mass is 9.97. The lowest BCUT2D eigenvalue weighted by Gasteiger charge is -2.33. The molecule has 0 spiro atoms. The molecule has 3 aliphatic heterocycles. The summed E-state index contributed by atoms with van der Waals surface area (Å²) in [6.45, 7) is 4.73. The zero-order valence-corrected chi connectivity index (χ0v) is 24.6. The molecule has 0 unspecified atom stereocenters. The first-order chi connectivity index (χ1) is 20.3. The number of anilines is 1. The maximum atomic E-state index is 13.9. The van der Waals surface area contributed by atoms with Gasteiger partial charge in [-0.05, 0) is 56.0 Å². The Morgan fingerprint density at radius 1 is 1.17 bits per heavy atom. The number of aryl methyl sites for hydroxylation is 1. The Morgan fingerprint density at radius 2 is 1.98 bits per heavy atom. The summed E-state index contributed by atoms with van der Waals surface area (Å²) in [5, 5.41) is 5.47. The van der Waals surface area contributed by atoms with E-state index in [0.29, 0.717) is 51.3 Å². The molecule has 2 aromatic heterocycles. The van der Waals surface area contributed by atoms with Crippen LogP contribution >= 0.6 is 22.9 Å². The van der Waals surface area contributed by atoms with Gasteiger partial charge in [-0.2, -0.15) is 0 Å². The molecule has 2 amide bonds. The number of benzene rings is 2. The first kappa shape index (κ1) is 26.9. The zero-order chi connectivity index (χ0) is 29.0. The van der Waals surface area contributed by atoms with Gasteiger partial charge in [0.25, 0.3) is 11.5 Å². The maximum absolute atomic E-state index is 13.9. The van der Waals surface area contributed by atoms with Crippen LogP contribution in [-0.2, 0) is 11.3 Å². The summed E-state index contributed by atoms with van der Waals surface area (Å²) in [6, 6.07) is 11.3. The topological polar surface area (TPSA) is 110 Å². The minimum atomic E-state index is -0.255. The second-order valence-electron chi connectivity index (χ2n) is 11.1. The fraction of sp³-hybridized carbons (Fsp3) is 0.367. The second-order valence-corrected chi connectivity index (χ2v) is 12.5. The number of piperidine rings is 1. The highest BCUT2D eigenvalue weighted by molar-refractivity contribution is 7.17. The standard InChI is InChI=1S/C30H29ClN6O4S/c1-17-33-25-12-22(27-32-14-26(42-27)29(39)35-8-2-9-35)24(34-20-7-10-36-21(11-20)16-41-30(36)40)13-23(25)28(38)37(17)15-18-3-5-19(31)6-4-18/h3-6,12-14,20-21,34H,2,7-11,15-16H2,1H3/t20-,21-/m0/s1. The third-order valence-electron chi connectivity index (χ3n) is 8.34. The monoisotopic (exact) mass is 604 g/mol. The molecule has 0 bridgehead atoms. The molecule has 4 aromatic rings. The quantitative estimate of drug-likeness (QED) is 0.338. The van der Waals surface area contributed by atoms with Crippen LogP contribution in [0.5, 0.6) is 0 Å². The number of likely N-dealkylation sites (tertiary alicyclic amines) is 1.